The number of ether oxygens (including phenoxy) is 1. The van der Waals surface area contributed by atoms with Crippen molar-refractivity contribution < 1.29 is 17.9 Å². The predicted octanol–water partition coefficient (Wildman–Crippen LogP) is 3.27. The third kappa shape index (κ3) is 3.04. The number of benzene rings is 2. The van der Waals surface area contributed by atoms with Gasteiger partial charge >= 0.3 is 6.03 Å². The molecule has 0 N–H and O–H groups in total. The van der Waals surface area contributed by atoms with Gasteiger partial charge in [-0.2, -0.15) is 0 Å². The van der Waals surface area contributed by atoms with Crippen LogP contribution in [-0.2, 0) is 9.84 Å². The SMILES string of the molecule is COc1ccc(N2C(=O)N(c3ccc(C)c(Cl)c3)C3CS(=O)(=O)CC32)cc1. The lowest BCUT2D eigenvalue weighted by molar-refractivity contribution is 0.255. The minimum absolute atomic E-state index is 0.0501. The number of amides is 2. The van der Waals surface area contributed by atoms with Crippen LogP contribution in [0.15, 0.2) is 42.5 Å². The Morgan fingerprint density at radius 3 is 2.11 bits per heavy atom. The van der Waals surface area contributed by atoms with Gasteiger partial charge in [0.25, 0.3) is 0 Å². The summed E-state index contributed by atoms with van der Waals surface area (Å²) in [5.74, 6) is 0.566. The standard InChI is InChI=1S/C19H19ClN2O4S/c1-12-3-4-14(9-16(12)20)22-18-11-27(24,25)10-17(18)21(19(22)23)13-5-7-15(26-2)8-6-13/h3-9,17-18H,10-11H2,1-2H3. The molecule has 6 nitrogen and oxygen atoms in total. The van der Waals surface area contributed by atoms with Crippen molar-refractivity contribution in [1.82, 2.24) is 0 Å². The van der Waals surface area contributed by atoms with Gasteiger partial charge < -0.3 is 4.74 Å². The number of hydrogen-bond acceptors (Lipinski definition) is 4. The second-order valence-electron chi connectivity index (χ2n) is 6.87. The zero-order valence-electron chi connectivity index (χ0n) is 14.9. The zero-order valence-corrected chi connectivity index (χ0v) is 16.5. The van der Waals surface area contributed by atoms with E-state index in [9.17, 15) is 13.2 Å². The molecular weight excluding hydrogens is 388 g/mol. The summed E-state index contributed by atoms with van der Waals surface area (Å²) in [6.07, 6.45) is 0. The first-order valence-corrected chi connectivity index (χ1v) is 10.7. The van der Waals surface area contributed by atoms with E-state index in [2.05, 4.69) is 0 Å². The van der Waals surface area contributed by atoms with E-state index in [-0.39, 0.29) is 17.5 Å². The minimum Gasteiger partial charge on any atom is -0.497 e. The Morgan fingerprint density at radius 2 is 1.56 bits per heavy atom. The van der Waals surface area contributed by atoms with Gasteiger partial charge in [0.05, 0.1) is 30.7 Å². The third-order valence-corrected chi connectivity index (χ3v) is 7.26. The average molecular weight is 407 g/mol. The molecule has 0 spiro atoms. The number of carbonyl (C=O) groups is 1. The summed E-state index contributed by atoms with van der Waals surface area (Å²) in [6, 6.07) is 11.3. The van der Waals surface area contributed by atoms with E-state index in [0.29, 0.717) is 22.1 Å². The van der Waals surface area contributed by atoms with Crippen molar-refractivity contribution in [3.05, 3.63) is 53.1 Å². The second kappa shape index (κ2) is 6.42. The van der Waals surface area contributed by atoms with Crippen molar-refractivity contribution in [3.63, 3.8) is 0 Å². The number of hydrogen-bond donors (Lipinski definition) is 0. The van der Waals surface area contributed by atoms with Gasteiger partial charge in [-0.25, -0.2) is 13.2 Å². The molecule has 2 heterocycles. The molecule has 0 aliphatic carbocycles. The topological polar surface area (TPSA) is 66.9 Å². The smallest absolute Gasteiger partial charge is 0.329 e. The van der Waals surface area contributed by atoms with Gasteiger partial charge in [0.15, 0.2) is 9.84 Å². The molecular formula is C19H19ClN2O4S. The molecule has 4 rings (SSSR count). The van der Waals surface area contributed by atoms with Crippen LogP contribution in [-0.4, -0.2) is 45.1 Å². The molecule has 2 saturated heterocycles. The Morgan fingerprint density at radius 1 is 1.00 bits per heavy atom. The van der Waals surface area contributed by atoms with Gasteiger partial charge in [0.2, 0.25) is 0 Å². The fourth-order valence-electron chi connectivity index (χ4n) is 3.78. The van der Waals surface area contributed by atoms with Crippen LogP contribution in [0, 0.1) is 6.92 Å². The largest absolute Gasteiger partial charge is 0.497 e. The van der Waals surface area contributed by atoms with Gasteiger partial charge in [0.1, 0.15) is 5.75 Å². The molecule has 27 heavy (non-hydrogen) atoms. The lowest BCUT2D eigenvalue weighted by Crippen LogP contribution is -2.37. The first-order chi connectivity index (χ1) is 12.8. The summed E-state index contributed by atoms with van der Waals surface area (Å²) >= 11 is 6.24. The van der Waals surface area contributed by atoms with Crippen molar-refractivity contribution in [2.45, 2.75) is 19.0 Å². The van der Waals surface area contributed by atoms with Crippen molar-refractivity contribution >= 4 is 38.8 Å². The summed E-state index contributed by atoms with van der Waals surface area (Å²) in [6.45, 7) is 1.88. The molecule has 142 valence electrons. The van der Waals surface area contributed by atoms with Crippen LogP contribution in [0.5, 0.6) is 5.75 Å². The molecule has 2 amide bonds. The fourth-order valence-corrected chi connectivity index (χ4v) is 5.88. The number of methoxy groups -OCH3 is 1. The molecule has 0 bridgehead atoms. The minimum atomic E-state index is -3.24. The molecule has 2 atom stereocenters. The molecule has 2 aromatic carbocycles. The van der Waals surface area contributed by atoms with Crippen LogP contribution >= 0.6 is 11.6 Å². The molecule has 2 aromatic rings. The van der Waals surface area contributed by atoms with Gasteiger partial charge in [0, 0.05) is 16.4 Å². The fraction of sp³-hybridized carbons (Fsp3) is 0.316. The normalized spacial score (nSPS) is 23.6. The summed E-state index contributed by atoms with van der Waals surface area (Å²) < 4.78 is 29.8. The molecule has 2 aliphatic rings. The van der Waals surface area contributed by atoms with Crippen LogP contribution in [0.1, 0.15) is 5.56 Å². The number of sulfone groups is 1. The van der Waals surface area contributed by atoms with Crippen LogP contribution in [0.25, 0.3) is 0 Å². The number of nitrogens with zero attached hydrogens (tertiary/aromatic N) is 2. The predicted molar refractivity (Wildman–Crippen MR) is 106 cm³/mol. The summed E-state index contributed by atoms with van der Waals surface area (Å²) in [4.78, 5) is 16.4. The van der Waals surface area contributed by atoms with E-state index in [1.165, 1.54) is 0 Å². The van der Waals surface area contributed by atoms with Crippen LogP contribution in [0.4, 0.5) is 16.2 Å². The van der Waals surface area contributed by atoms with Crippen LogP contribution in [0.2, 0.25) is 5.02 Å². The molecule has 0 aromatic heterocycles. The monoisotopic (exact) mass is 406 g/mol. The maximum atomic E-state index is 13.3. The first kappa shape index (κ1) is 18.1. The average Bonchev–Trinajstić information content (AvgIpc) is 3.06. The van der Waals surface area contributed by atoms with E-state index in [1.807, 2.05) is 13.0 Å². The number of fused-ring (bicyclic) bond motifs is 1. The highest BCUT2D eigenvalue weighted by Gasteiger charge is 2.54. The van der Waals surface area contributed by atoms with E-state index in [4.69, 9.17) is 16.3 Å². The third-order valence-electron chi connectivity index (χ3n) is 5.15. The number of anilines is 2. The number of aryl methyl sites for hydroxylation is 1. The van der Waals surface area contributed by atoms with E-state index in [0.717, 1.165) is 5.56 Å². The quantitative estimate of drug-likeness (QED) is 0.734. The van der Waals surface area contributed by atoms with E-state index < -0.39 is 21.9 Å². The Kier molecular flexibility index (Phi) is 4.31. The summed E-state index contributed by atoms with van der Waals surface area (Å²) in [5, 5.41) is 0.542. The van der Waals surface area contributed by atoms with Gasteiger partial charge in [-0.3, -0.25) is 9.80 Å². The van der Waals surface area contributed by atoms with Crippen LogP contribution in [0.3, 0.4) is 0 Å². The molecule has 0 saturated carbocycles. The van der Waals surface area contributed by atoms with Crippen molar-refractivity contribution in [2.75, 3.05) is 28.4 Å². The Bertz CT molecular complexity index is 1010. The lowest BCUT2D eigenvalue weighted by atomic mass is 10.1. The first-order valence-electron chi connectivity index (χ1n) is 8.54. The van der Waals surface area contributed by atoms with E-state index >= 15 is 0 Å². The molecule has 2 fully saturated rings. The van der Waals surface area contributed by atoms with Crippen molar-refractivity contribution in [3.8, 4) is 5.75 Å². The van der Waals surface area contributed by atoms with E-state index in [1.54, 1.807) is 53.3 Å². The second-order valence-corrected chi connectivity index (χ2v) is 9.43. The Balaban J connectivity index is 1.78. The number of carbonyl (C=O) groups excluding carboxylic acids is 1. The summed E-state index contributed by atoms with van der Waals surface area (Å²) in [5.41, 5.74) is 2.15. The maximum absolute atomic E-state index is 13.3. The van der Waals surface area contributed by atoms with Crippen molar-refractivity contribution in [1.29, 1.82) is 0 Å². The number of urea groups is 1. The molecule has 2 aliphatic heterocycles. The maximum Gasteiger partial charge on any atom is 0.329 e. The molecule has 2 unspecified atom stereocenters. The molecule has 0 radical (unpaired) electrons. The lowest BCUT2D eigenvalue weighted by Gasteiger charge is -2.23. The highest BCUT2D eigenvalue weighted by Crippen LogP contribution is 2.39. The van der Waals surface area contributed by atoms with Gasteiger partial charge in [-0.15, -0.1) is 0 Å². The Hall–Kier alpha value is -2.25. The van der Waals surface area contributed by atoms with Gasteiger partial charge in [-0.05, 0) is 48.9 Å². The molecule has 8 heteroatoms. The summed E-state index contributed by atoms with van der Waals surface area (Å²) in [7, 11) is -1.67. The number of halogens is 1. The Labute approximate surface area is 163 Å². The number of rotatable bonds is 3. The van der Waals surface area contributed by atoms with Gasteiger partial charge in [-0.1, -0.05) is 17.7 Å². The van der Waals surface area contributed by atoms with Crippen molar-refractivity contribution in [2.24, 2.45) is 0 Å². The highest BCUT2D eigenvalue weighted by molar-refractivity contribution is 7.91. The highest BCUT2D eigenvalue weighted by atomic mass is 35.5. The zero-order chi connectivity index (χ0) is 19.3. The van der Waals surface area contributed by atoms with Crippen LogP contribution < -0.4 is 14.5 Å².